The topological polar surface area (TPSA) is 96.0 Å². The van der Waals surface area contributed by atoms with Crippen LogP contribution in [0.1, 0.15) is 24.0 Å². The van der Waals surface area contributed by atoms with Crippen molar-refractivity contribution in [3.05, 3.63) is 51.3 Å². The molecule has 2 aliphatic rings. The van der Waals surface area contributed by atoms with Crippen molar-refractivity contribution in [2.24, 2.45) is 5.73 Å². The molecule has 0 saturated carbocycles. The molecule has 4 rings (SSSR count). The molecule has 1 atom stereocenters. The van der Waals surface area contributed by atoms with Crippen molar-refractivity contribution >= 4 is 15.9 Å². The molecule has 0 unspecified atom stereocenters. The standard InChI is InChI=1S/C20H17BrN2O5/c1-3-25-17-6-13(21)10(4-15(17)24-2)19-11-5-16-18(27-9-26-16)7-14(11)28-20(23)12(19)8-22/h4-7,19H,3,9,23H2,1-2H3/t19-/m1/s1. The number of fused-ring (bicyclic) bond motifs is 2. The van der Waals surface area contributed by atoms with Gasteiger partial charge in [-0.15, -0.1) is 0 Å². The van der Waals surface area contributed by atoms with Crippen LogP contribution in [0.3, 0.4) is 0 Å². The van der Waals surface area contributed by atoms with E-state index in [-0.39, 0.29) is 12.7 Å². The van der Waals surface area contributed by atoms with Crippen molar-refractivity contribution in [1.82, 2.24) is 0 Å². The van der Waals surface area contributed by atoms with Gasteiger partial charge in [0.2, 0.25) is 12.7 Å². The third-order valence-corrected chi connectivity index (χ3v) is 5.29. The first-order valence-electron chi connectivity index (χ1n) is 8.58. The maximum atomic E-state index is 9.77. The van der Waals surface area contributed by atoms with Crippen molar-refractivity contribution in [1.29, 1.82) is 5.26 Å². The van der Waals surface area contributed by atoms with Crippen LogP contribution in [0, 0.1) is 11.3 Å². The van der Waals surface area contributed by atoms with Crippen LogP contribution in [0.25, 0.3) is 0 Å². The molecule has 0 fully saturated rings. The van der Waals surface area contributed by atoms with Crippen LogP contribution in [-0.4, -0.2) is 20.5 Å². The van der Waals surface area contributed by atoms with Crippen LogP contribution < -0.4 is 29.4 Å². The van der Waals surface area contributed by atoms with Gasteiger partial charge in [-0.25, -0.2) is 0 Å². The summed E-state index contributed by atoms with van der Waals surface area (Å²) < 4.78 is 28.5. The number of allylic oxidation sites excluding steroid dienone is 1. The smallest absolute Gasteiger partial charge is 0.231 e. The average Bonchev–Trinajstić information content (AvgIpc) is 3.13. The molecule has 2 heterocycles. The van der Waals surface area contributed by atoms with E-state index in [4.69, 9.17) is 29.4 Å². The van der Waals surface area contributed by atoms with Crippen molar-refractivity contribution in [3.63, 3.8) is 0 Å². The van der Waals surface area contributed by atoms with Gasteiger partial charge in [0.15, 0.2) is 23.0 Å². The molecule has 8 heteroatoms. The summed E-state index contributed by atoms with van der Waals surface area (Å²) in [5.41, 5.74) is 7.92. The predicted octanol–water partition coefficient (Wildman–Crippen LogP) is 3.80. The number of methoxy groups -OCH3 is 1. The van der Waals surface area contributed by atoms with E-state index in [0.717, 1.165) is 15.6 Å². The lowest BCUT2D eigenvalue weighted by Gasteiger charge is -2.28. The van der Waals surface area contributed by atoms with E-state index in [1.807, 2.05) is 25.1 Å². The van der Waals surface area contributed by atoms with Crippen molar-refractivity contribution in [2.75, 3.05) is 20.5 Å². The van der Waals surface area contributed by atoms with E-state index in [2.05, 4.69) is 22.0 Å². The average molecular weight is 445 g/mol. The lowest BCUT2D eigenvalue weighted by Crippen LogP contribution is -2.21. The molecule has 0 bridgehead atoms. The molecule has 2 N–H and O–H groups in total. The van der Waals surface area contributed by atoms with Gasteiger partial charge in [0.25, 0.3) is 0 Å². The second kappa shape index (κ2) is 7.17. The van der Waals surface area contributed by atoms with E-state index in [1.54, 1.807) is 13.2 Å². The quantitative estimate of drug-likeness (QED) is 0.765. The van der Waals surface area contributed by atoms with E-state index in [0.29, 0.717) is 40.9 Å². The first kappa shape index (κ1) is 18.3. The minimum Gasteiger partial charge on any atom is -0.493 e. The Labute approximate surface area is 170 Å². The van der Waals surface area contributed by atoms with Gasteiger partial charge in [0.05, 0.1) is 19.6 Å². The number of nitriles is 1. The highest BCUT2D eigenvalue weighted by atomic mass is 79.9. The van der Waals surface area contributed by atoms with Gasteiger partial charge >= 0.3 is 0 Å². The van der Waals surface area contributed by atoms with Crippen LogP contribution in [0.4, 0.5) is 0 Å². The largest absolute Gasteiger partial charge is 0.493 e. The van der Waals surface area contributed by atoms with Gasteiger partial charge in [-0.1, -0.05) is 15.9 Å². The molecule has 0 radical (unpaired) electrons. The van der Waals surface area contributed by atoms with Gasteiger partial charge in [-0.05, 0) is 30.7 Å². The van der Waals surface area contributed by atoms with Crippen molar-refractivity contribution in [2.45, 2.75) is 12.8 Å². The van der Waals surface area contributed by atoms with E-state index < -0.39 is 5.92 Å². The molecule has 7 nitrogen and oxygen atoms in total. The minimum absolute atomic E-state index is 0.0543. The van der Waals surface area contributed by atoms with Crippen LogP contribution in [0.15, 0.2) is 40.2 Å². The molecule has 0 aliphatic carbocycles. The van der Waals surface area contributed by atoms with E-state index in [9.17, 15) is 5.26 Å². The van der Waals surface area contributed by atoms with Crippen molar-refractivity contribution < 1.29 is 23.7 Å². The van der Waals surface area contributed by atoms with Crippen LogP contribution in [-0.2, 0) is 0 Å². The summed E-state index contributed by atoms with van der Waals surface area (Å²) in [6.07, 6.45) is 0. The summed E-state index contributed by atoms with van der Waals surface area (Å²) in [7, 11) is 1.57. The predicted molar refractivity (Wildman–Crippen MR) is 104 cm³/mol. The fourth-order valence-corrected chi connectivity index (χ4v) is 3.92. The molecule has 0 amide bonds. The Balaban J connectivity index is 1.93. The fraction of sp³-hybridized carbons (Fsp3) is 0.250. The normalized spacial score (nSPS) is 16.9. The number of nitrogens with two attached hydrogens (primary N) is 1. The van der Waals surface area contributed by atoms with Gasteiger partial charge in [0.1, 0.15) is 17.4 Å². The molecule has 2 aliphatic heterocycles. The highest BCUT2D eigenvalue weighted by Gasteiger charge is 2.35. The third-order valence-electron chi connectivity index (χ3n) is 4.60. The zero-order valence-corrected chi connectivity index (χ0v) is 16.8. The number of halogens is 1. The lowest BCUT2D eigenvalue weighted by molar-refractivity contribution is 0.174. The monoisotopic (exact) mass is 444 g/mol. The Morgan fingerprint density at radius 2 is 1.89 bits per heavy atom. The number of nitrogens with zero attached hydrogens (tertiary/aromatic N) is 1. The number of ether oxygens (including phenoxy) is 5. The highest BCUT2D eigenvalue weighted by molar-refractivity contribution is 9.10. The van der Waals surface area contributed by atoms with Crippen LogP contribution in [0.5, 0.6) is 28.7 Å². The minimum atomic E-state index is -0.470. The van der Waals surface area contributed by atoms with Gasteiger partial charge in [-0.3, -0.25) is 0 Å². The Kier molecular flexibility index (Phi) is 4.69. The first-order chi connectivity index (χ1) is 13.6. The van der Waals surface area contributed by atoms with Gasteiger partial charge < -0.3 is 29.4 Å². The summed E-state index contributed by atoms with van der Waals surface area (Å²) >= 11 is 3.60. The summed E-state index contributed by atoms with van der Waals surface area (Å²) in [5, 5.41) is 9.77. The Bertz CT molecular complexity index is 1030. The molecule has 144 valence electrons. The lowest BCUT2D eigenvalue weighted by atomic mass is 9.83. The number of hydrogen-bond acceptors (Lipinski definition) is 7. The second-order valence-corrected chi connectivity index (χ2v) is 6.98. The molecular weight excluding hydrogens is 428 g/mol. The zero-order chi connectivity index (χ0) is 19.8. The molecule has 0 aromatic heterocycles. The molecular formula is C20H17BrN2O5. The molecule has 28 heavy (non-hydrogen) atoms. The summed E-state index contributed by atoms with van der Waals surface area (Å²) in [6, 6.07) is 9.39. The SMILES string of the molecule is CCOc1cc(Br)c([C@H]2C(C#N)=C(N)Oc3cc4c(cc32)OCO4)cc1OC. The fourth-order valence-electron chi connectivity index (χ4n) is 3.37. The molecule has 0 saturated heterocycles. The number of benzene rings is 2. The van der Waals surface area contributed by atoms with E-state index >= 15 is 0 Å². The summed E-state index contributed by atoms with van der Waals surface area (Å²) in [6.45, 7) is 2.54. The second-order valence-electron chi connectivity index (χ2n) is 6.13. The molecule has 2 aromatic carbocycles. The Hall–Kier alpha value is -3.05. The molecule has 0 spiro atoms. The first-order valence-corrected chi connectivity index (χ1v) is 9.38. The van der Waals surface area contributed by atoms with E-state index in [1.165, 1.54) is 0 Å². The highest BCUT2D eigenvalue weighted by Crippen LogP contribution is 2.50. The number of rotatable bonds is 4. The Morgan fingerprint density at radius 3 is 2.57 bits per heavy atom. The summed E-state index contributed by atoms with van der Waals surface area (Å²) in [4.78, 5) is 0. The molecule has 2 aromatic rings. The van der Waals surface area contributed by atoms with Crippen LogP contribution >= 0.6 is 15.9 Å². The van der Waals surface area contributed by atoms with Crippen molar-refractivity contribution in [3.8, 4) is 34.8 Å². The van der Waals surface area contributed by atoms with Crippen LogP contribution in [0.2, 0.25) is 0 Å². The Morgan fingerprint density at radius 1 is 1.14 bits per heavy atom. The van der Waals surface area contributed by atoms with Gasteiger partial charge in [-0.2, -0.15) is 5.26 Å². The maximum Gasteiger partial charge on any atom is 0.231 e. The maximum absolute atomic E-state index is 9.77. The van der Waals surface area contributed by atoms with Gasteiger partial charge in [0, 0.05) is 16.1 Å². The summed E-state index contributed by atoms with van der Waals surface area (Å²) in [5.74, 6) is 2.44. The zero-order valence-electron chi connectivity index (χ0n) is 15.2. The third kappa shape index (κ3) is 2.88. The number of hydrogen-bond donors (Lipinski definition) is 1.